The van der Waals surface area contributed by atoms with Crippen molar-refractivity contribution in [2.75, 3.05) is 11.5 Å². The molecule has 2 aromatic rings. The first-order chi connectivity index (χ1) is 11.7. The van der Waals surface area contributed by atoms with Gasteiger partial charge in [0, 0.05) is 11.4 Å². The van der Waals surface area contributed by atoms with Gasteiger partial charge in [0.25, 0.3) is 0 Å². The summed E-state index contributed by atoms with van der Waals surface area (Å²) >= 11 is 0. The van der Waals surface area contributed by atoms with Crippen molar-refractivity contribution in [1.82, 2.24) is 0 Å². The molecular formula is C20H22N2O2. The number of nitrogen functional groups attached to an aromatic ring is 2. The summed E-state index contributed by atoms with van der Waals surface area (Å²) in [6, 6.07) is 14.9. The Bertz CT molecular complexity index is 654. The Labute approximate surface area is 142 Å². The molecule has 0 spiro atoms. The highest BCUT2D eigenvalue weighted by Crippen LogP contribution is 2.28. The molecule has 1 fully saturated rings. The van der Waals surface area contributed by atoms with E-state index in [0.717, 1.165) is 48.6 Å². The Hall–Kier alpha value is -2.88. The van der Waals surface area contributed by atoms with Crippen molar-refractivity contribution in [3.63, 3.8) is 0 Å². The fourth-order valence-electron chi connectivity index (χ4n) is 2.52. The van der Waals surface area contributed by atoms with Gasteiger partial charge in [-0.15, -0.1) is 0 Å². The summed E-state index contributed by atoms with van der Waals surface area (Å²) in [5.41, 5.74) is 15.4. The smallest absolute Gasteiger partial charge is 0.126 e. The molecule has 0 atom stereocenters. The van der Waals surface area contributed by atoms with Gasteiger partial charge in [-0.05, 0) is 85.4 Å². The number of hydrogen-bond acceptors (Lipinski definition) is 4. The molecule has 0 unspecified atom stereocenters. The van der Waals surface area contributed by atoms with E-state index in [0.29, 0.717) is 0 Å². The lowest BCUT2D eigenvalue weighted by atomic mass is 9.92. The third kappa shape index (κ3) is 4.56. The second-order valence-electron chi connectivity index (χ2n) is 5.93. The van der Waals surface area contributed by atoms with E-state index in [1.807, 2.05) is 61.1 Å². The average molecular weight is 322 g/mol. The van der Waals surface area contributed by atoms with Crippen molar-refractivity contribution in [2.45, 2.75) is 25.7 Å². The molecule has 4 heteroatoms. The first-order valence-electron chi connectivity index (χ1n) is 8.09. The monoisotopic (exact) mass is 322 g/mol. The molecule has 0 saturated heterocycles. The fourth-order valence-corrected chi connectivity index (χ4v) is 2.52. The SMILES string of the molecule is Nc1ccc(OC=C2CCC(=COc3ccc(N)cc3)CC2)cc1. The predicted octanol–water partition coefficient (Wildman–Crippen LogP) is 4.65. The molecule has 2 aromatic carbocycles. The summed E-state index contributed by atoms with van der Waals surface area (Å²) < 4.78 is 11.4. The Balaban J connectivity index is 1.49. The number of rotatable bonds is 4. The van der Waals surface area contributed by atoms with Gasteiger partial charge in [-0.1, -0.05) is 0 Å². The summed E-state index contributed by atoms with van der Waals surface area (Å²) in [7, 11) is 0. The molecular weight excluding hydrogens is 300 g/mol. The lowest BCUT2D eigenvalue weighted by Crippen LogP contribution is -2.01. The van der Waals surface area contributed by atoms with Crippen LogP contribution in [0, 0.1) is 0 Å². The summed E-state index contributed by atoms with van der Waals surface area (Å²) in [6.45, 7) is 0. The topological polar surface area (TPSA) is 70.5 Å². The number of hydrogen-bond donors (Lipinski definition) is 2. The Kier molecular flexibility index (Phi) is 5.06. The minimum atomic E-state index is 0.739. The summed E-state index contributed by atoms with van der Waals surface area (Å²) in [5.74, 6) is 1.62. The fraction of sp³-hybridized carbons (Fsp3) is 0.200. The molecule has 0 amide bonds. The molecule has 0 radical (unpaired) electrons. The average Bonchev–Trinajstić information content (AvgIpc) is 2.62. The predicted molar refractivity (Wildman–Crippen MR) is 97.6 cm³/mol. The Morgan fingerprint density at radius 1 is 0.583 bits per heavy atom. The highest BCUT2D eigenvalue weighted by atomic mass is 16.5. The molecule has 1 saturated carbocycles. The van der Waals surface area contributed by atoms with Crippen molar-refractivity contribution >= 4 is 11.4 Å². The summed E-state index contributed by atoms with van der Waals surface area (Å²) in [5, 5.41) is 0. The molecule has 4 nitrogen and oxygen atoms in total. The minimum absolute atomic E-state index is 0.739. The van der Waals surface area contributed by atoms with Crippen LogP contribution in [0.15, 0.2) is 72.2 Å². The largest absolute Gasteiger partial charge is 0.465 e. The van der Waals surface area contributed by atoms with E-state index in [2.05, 4.69) is 0 Å². The second-order valence-corrected chi connectivity index (χ2v) is 5.93. The van der Waals surface area contributed by atoms with Gasteiger partial charge in [-0.3, -0.25) is 0 Å². The van der Waals surface area contributed by atoms with Crippen molar-refractivity contribution in [1.29, 1.82) is 0 Å². The van der Waals surface area contributed by atoms with Crippen molar-refractivity contribution in [2.24, 2.45) is 0 Å². The number of allylic oxidation sites excluding steroid dienone is 2. The number of ether oxygens (including phenoxy) is 2. The maximum atomic E-state index is 5.70. The third-order valence-electron chi connectivity index (χ3n) is 4.02. The zero-order valence-electron chi connectivity index (χ0n) is 13.6. The molecule has 1 aliphatic carbocycles. The van der Waals surface area contributed by atoms with E-state index in [-0.39, 0.29) is 0 Å². The van der Waals surface area contributed by atoms with E-state index in [1.54, 1.807) is 0 Å². The molecule has 24 heavy (non-hydrogen) atoms. The minimum Gasteiger partial charge on any atom is -0.465 e. The van der Waals surface area contributed by atoms with Crippen LogP contribution in [-0.2, 0) is 0 Å². The maximum Gasteiger partial charge on any atom is 0.126 e. The summed E-state index contributed by atoms with van der Waals surface area (Å²) in [4.78, 5) is 0. The normalized spacial score (nSPS) is 14.2. The zero-order chi connectivity index (χ0) is 16.8. The maximum absolute atomic E-state index is 5.70. The van der Waals surface area contributed by atoms with Crippen LogP contribution in [0.5, 0.6) is 11.5 Å². The highest BCUT2D eigenvalue weighted by Gasteiger charge is 2.11. The van der Waals surface area contributed by atoms with Gasteiger partial charge in [0.05, 0.1) is 12.5 Å². The van der Waals surface area contributed by atoms with Gasteiger partial charge in [-0.25, -0.2) is 0 Å². The Morgan fingerprint density at radius 2 is 0.917 bits per heavy atom. The van der Waals surface area contributed by atoms with Crippen LogP contribution in [0.2, 0.25) is 0 Å². The van der Waals surface area contributed by atoms with Gasteiger partial charge in [0.2, 0.25) is 0 Å². The molecule has 1 aliphatic rings. The number of anilines is 2. The number of benzene rings is 2. The molecule has 0 heterocycles. The molecule has 4 N–H and O–H groups in total. The molecule has 0 aliphatic heterocycles. The third-order valence-corrected chi connectivity index (χ3v) is 4.02. The standard InChI is InChI=1S/C20H22N2O2/c21-17-5-9-19(10-6-17)23-13-15-1-2-16(4-3-15)14-24-20-11-7-18(22)8-12-20/h5-14H,1-4,21-22H2. The van der Waals surface area contributed by atoms with E-state index >= 15 is 0 Å². The number of nitrogens with two attached hydrogens (primary N) is 2. The first-order valence-corrected chi connectivity index (χ1v) is 8.09. The molecule has 0 bridgehead atoms. The quantitative estimate of drug-likeness (QED) is 0.635. The molecule has 124 valence electrons. The van der Waals surface area contributed by atoms with Crippen LogP contribution in [0.1, 0.15) is 25.7 Å². The van der Waals surface area contributed by atoms with Gasteiger partial charge in [0.1, 0.15) is 11.5 Å². The van der Waals surface area contributed by atoms with Crippen LogP contribution >= 0.6 is 0 Å². The second kappa shape index (κ2) is 7.59. The van der Waals surface area contributed by atoms with E-state index < -0.39 is 0 Å². The zero-order valence-corrected chi connectivity index (χ0v) is 13.6. The Morgan fingerprint density at radius 3 is 1.25 bits per heavy atom. The lowest BCUT2D eigenvalue weighted by molar-refractivity contribution is 0.455. The first kappa shape index (κ1) is 16.0. The van der Waals surface area contributed by atoms with Crippen LogP contribution < -0.4 is 20.9 Å². The lowest BCUT2D eigenvalue weighted by Gasteiger charge is -2.17. The summed E-state index contributed by atoms with van der Waals surface area (Å²) in [6.07, 6.45) is 7.70. The van der Waals surface area contributed by atoms with Gasteiger partial charge in [0.15, 0.2) is 0 Å². The van der Waals surface area contributed by atoms with Crippen molar-refractivity contribution < 1.29 is 9.47 Å². The van der Waals surface area contributed by atoms with Crippen molar-refractivity contribution in [3.05, 3.63) is 72.2 Å². The van der Waals surface area contributed by atoms with Gasteiger partial charge < -0.3 is 20.9 Å². The van der Waals surface area contributed by atoms with E-state index in [1.165, 1.54) is 11.1 Å². The van der Waals surface area contributed by atoms with E-state index in [4.69, 9.17) is 20.9 Å². The van der Waals surface area contributed by atoms with Gasteiger partial charge >= 0.3 is 0 Å². The molecule has 0 aromatic heterocycles. The van der Waals surface area contributed by atoms with Gasteiger partial charge in [-0.2, -0.15) is 0 Å². The van der Waals surface area contributed by atoms with Crippen LogP contribution in [0.4, 0.5) is 11.4 Å². The molecule has 3 rings (SSSR count). The van der Waals surface area contributed by atoms with Crippen LogP contribution in [-0.4, -0.2) is 0 Å². The van der Waals surface area contributed by atoms with Crippen LogP contribution in [0.25, 0.3) is 0 Å². The van der Waals surface area contributed by atoms with E-state index in [9.17, 15) is 0 Å². The highest BCUT2D eigenvalue weighted by molar-refractivity contribution is 5.42. The van der Waals surface area contributed by atoms with Crippen LogP contribution in [0.3, 0.4) is 0 Å². The van der Waals surface area contributed by atoms with Crippen molar-refractivity contribution in [3.8, 4) is 11.5 Å².